The molecule has 0 spiro atoms. The zero-order valence-corrected chi connectivity index (χ0v) is 16.1. The van der Waals surface area contributed by atoms with Crippen molar-refractivity contribution in [2.75, 3.05) is 18.5 Å². The summed E-state index contributed by atoms with van der Waals surface area (Å²) < 4.78 is 38.7. The molecule has 2 unspecified atom stereocenters. The highest BCUT2D eigenvalue weighted by Gasteiger charge is 2.55. The van der Waals surface area contributed by atoms with Crippen molar-refractivity contribution in [2.45, 2.75) is 62.8 Å². The number of nitrogens with zero attached hydrogens (tertiary/aromatic N) is 4. The van der Waals surface area contributed by atoms with Gasteiger partial charge in [0, 0.05) is 6.42 Å². The van der Waals surface area contributed by atoms with Crippen molar-refractivity contribution in [3.05, 3.63) is 12.7 Å². The molecule has 10 heteroatoms. The third-order valence-corrected chi connectivity index (χ3v) is 5.33. The molecule has 0 amide bonds. The molecular weight excluding hydrogens is 381 g/mol. The van der Waals surface area contributed by atoms with Gasteiger partial charge in [-0.1, -0.05) is 5.92 Å². The molecule has 0 aromatic carbocycles. The quantitative estimate of drug-likeness (QED) is 0.770. The average Bonchev–Trinajstić information content (AvgIpc) is 3.33. The van der Waals surface area contributed by atoms with E-state index in [4.69, 9.17) is 25.4 Å². The van der Waals surface area contributed by atoms with Gasteiger partial charge in [-0.2, -0.15) is 0 Å². The summed E-state index contributed by atoms with van der Waals surface area (Å²) in [4.78, 5) is 13.1. The van der Waals surface area contributed by atoms with Gasteiger partial charge < -0.3 is 24.3 Å². The largest absolute Gasteiger partial charge is 0.376 e. The Morgan fingerprint density at radius 3 is 2.86 bits per heavy atom. The van der Waals surface area contributed by atoms with Crippen LogP contribution in [0.25, 0.3) is 11.2 Å². The van der Waals surface area contributed by atoms with E-state index in [-0.39, 0.29) is 18.8 Å². The Bertz CT molecular complexity index is 960. The maximum Gasteiger partial charge on any atom is 0.167 e. The highest BCUT2D eigenvalue weighted by Crippen LogP contribution is 2.43. The number of hydrogen-bond donors (Lipinski definition) is 1. The van der Waals surface area contributed by atoms with Crippen LogP contribution in [0.15, 0.2) is 12.7 Å². The molecule has 3 aliphatic rings. The Hall–Kier alpha value is -2.32. The number of rotatable bonds is 3. The molecule has 29 heavy (non-hydrogen) atoms. The number of halogens is 1. The number of terminal acetylenes is 1. The van der Waals surface area contributed by atoms with Gasteiger partial charge >= 0.3 is 0 Å². The van der Waals surface area contributed by atoms with Crippen LogP contribution in [0.1, 0.15) is 26.5 Å². The van der Waals surface area contributed by atoms with Crippen LogP contribution in [0, 0.1) is 12.3 Å². The summed E-state index contributed by atoms with van der Waals surface area (Å²) in [5.41, 5.74) is 1.11. The zero-order valence-electron chi connectivity index (χ0n) is 16.1. The van der Waals surface area contributed by atoms with Crippen molar-refractivity contribution in [3.8, 4) is 12.3 Å². The summed E-state index contributed by atoms with van der Waals surface area (Å²) in [6.07, 6.45) is 6.19. The topological polar surface area (TPSA) is 92.6 Å². The van der Waals surface area contributed by atoms with Crippen LogP contribution in [0.5, 0.6) is 0 Å². The molecule has 0 aliphatic carbocycles. The molecule has 9 nitrogen and oxygen atoms in total. The van der Waals surface area contributed by atoms with Crippen LogP contribution >= 0.6 is 0 Å². The molecule has 0 bridgehead atoms. The summed E-state index contributed by atoms with van der Waals surface area (Å²) in [6.45, 7) is 4.22. The normalized spacial score (nSPS) is 36.1. The van der Waals surface area contributed by atoms with E-state index in [1.165, 1.54) is 6.33 Å². The van der Waals surface area contributed by atoms with Gasteiger partial charge in [0.25, 0.3) is 0 Å². The van der Waals surface area contributed by atoms with E-state index in [9.17, 15) is 4.39 Å². The molecule has 3 aliphatic heterocycles. The monoisotopic (exact) mass is 403 g/mol. The Kier molecular flexibility index (Phi) is 4.43. The second-order valence-corrected chi connectivity index (χ2v) is 7.94. The minimum atomic E-state index is -0.997. The lowest BCUT2D eigenvalue weighted by molar-refractivity contribution is -0.190. The number of nitrogens with one attached hydrogen (secondary N) is 1. The van der Waals surface area contributed by atoms with E-state index in [1.54, 1.807) is 10.9 Å². The summed E-state index contributed by atoms with van der Waals surface area (Å²) in [5, 5.41) is 3.22. The van der Waals surface area contributed by atoms with E-state index in [1.807, 2.05) is 13.8 Å². The number of imidazole rings is 1. The Balaban J connectivity index is 1.45. The molecule has 5 heterocycles. The minimum Gasteiger partial charge on any atom is -0.376 e. The van der Waals surface area contributed by atoms with Crippen molar-refractivity contribution < 1.29 is 23.3 Å². The Morgan fingerprint density at radius 1 is 1.24 bits per heavy atom. The highest BCUT2D eigenvalue weighted by molar-refractivity contribution is 5.82. The second-order valence-electron chi connectivity index (χ2n) is 7.94. The van der Waals surface area contributed by atoms with Gasteiger partial charge in [-0.3, -0.25) is 4.57 Å². The minimum absolute atomic E-state index is 0.127. The Labute approximate surface area is 166 Å². The van der Waals surface area contributed by atoms with Gasteiger partial charge in [-0.15, -0.1) is 6.42 Å². The first-order valence-corrected chi connectivity index (χ1v) is 9.58. The summed E-state index contributed by atoms with van der Waals surface area (Å²) in [6, 6.07) is -0.188. The summed E-state index contributed by atoms with van der Waals surface area (Å²) in [5.74, 6) is 2.39. The molecule has 2 aromatic heterocycles. The molecule has 154 valence electrons. The van der Waals surface area contributed by atoms with Gasteiger partial charge in [0.2, 0.25) is 0 Å². The van der Waals surface area contributed by atoms with Gasteiger partial charge in [0.1, 0.15) is 30.8 Å². The van der Waals surface area contributed by atoms with Crippen molar-refractivity contribution >= 4 is 17.0 Å². The van der Waals surface area contributed by atoms with E-state index in [0.29, 0.717) is 30.0 Å². The number of fused-ring (bicyclic) bond motifs is 2. The van der Waals surface area contributed by atoms with Crippen LogP contribution in [0.4, 0.5) is 10.2 Å². The van der Waals surface area contributed by atoms with Gasteiger partial charge in [0.05, 0.1) is 25.6 Å². The number of hydrogen-bond acceptors (Lipinski definition) is 8. The van der Waals surface area contributed by atoms with Crippen LogP contribution in [-0.2, 0) is 18.9 Å². The molecule has 6 atom stereocenters. The molecule has 0 saturated carbocycles. The van der Waals surface area contributed by atoms with Gasteiger partial charge in [0.15, 0.2) is 29.0 Å². The average molecular weight is 403 g/mol. The van der Waals surface area contributed by atoms with Crippen LogP contribution in [-0.4, -0.2) is 69.0 Å². The SMILES string of the molecule is C#C[C@H]1O[C@@H](n2cnc3c(NC4COCC(F)C4)ncnc32)[C@@H]2OC(C)(C)O[C@@H]21. The Morgan fingerprint density at radius 2 is 2.07 bits per heavy atom. The third-order valence-electron chi connectivity index (χ3n) is 5.33. The zero-order chi connectivity index (χ0) is 20.2. The van der Waals surface area contributed by atoms with Gasteiger partial charge in [-0.05, 0) is 13.8 Å². The first-order chi connectivity index (χ1) is 13.9. The predicted octanol–water partition coefficient (Wildman–Crippen LogP) is 1.42. The highest BCUT2D eigenvalue weighted by atomic mass is 19.1. The number of alkyl halides is 1. The van der Waals surface area contributed by atoms with Crippen LogP contribution in [0.3, 0.4) is 0 Å². The van der Waals surface area contributed by atoms with Crippen molar-refractivity contribution in [1.82, 2.24) is 19.5 Å². The molecular formula is C19H22FN5O4. The predicted molar refractivity (Wildman–Crippen MR) is 99.6 cm³/mol. The van der Waals surface area contributed by atoms with E-state index < -0.39 is 30.4 Å². The first kappa shape index (κ1) is 18.7. The van der Waals surface area contributed by atoms with Crippen molar-refractivity contribution in [2.24, 2.45) is 0 Å². The molecule has 3 saturated heterocycles. The third kappa shape index (κ3) is 3.24. The lowest BCUT2D eigenvalue weighted by Gasteiger charge is -2.26. The lowest BCUT2D eigenvalue weighted by Crippen LogP contribution is -2.36. The molecule has 1 N–H and O–H groups in total. The van der Waals surface area contributed by atoms with Crippen LogP contribution < -0.4 is 5.32 Å². The van der Waals surface area contributed by atoms with Crippen LogP contribution in [0.2, 0.25) is 0 Å². The lowest BCUT2D eigenvalue weighted by atomic mass is 10.1. The summed E-state index contributed by atoms with van der Waals surface area (Å²) >= 11 is 0. The first-order valence-electron chi connectivity index (χ1n) is 9.58. The summed E-state index contributed by atoms with van der Waals surface area (Å²) in [7, 11) is 0. The van der Waals surface area contributed by atoms with E-state index >= 15 is 0 Å². The molecule has 5 rings (SSSR count). The van der Waals surface area contributed by atoms with Crippen molar-refractivity contribution in [3.63, 3.8) is 0 Å². The maximum absolute atomic E-state index is 13.6. The number of ether oxygens (including phenoxy) is 4. The number of aromatic nitrogens is 4. The molecule has 2 aromatic rings. The molecule has 3 fully saturated rings. The fraction of sp³-hybridized carbons (Fsp3) is 0.632. The van der Waals surface area contributed by atoms with Gasteiger partial charge in [-0.25, -0.2) is 19.3 Å². The second kappa shape index (κ2) is 6.88. The fourth-order valence-corrected chi connectivity index (χ4v) is 4.16. The van der Waals surface area contributed by atoms with E-state index in [0.717, 1.165) is 0 Å². The van der Waals surface area contributed by atoms with Crippen molar-refractivity contribution in [1.29, 1.82) is 0 Å². The van der Waals surface area contributed by atoms with E-state index in [2.05, 4.69) is 26.2 Å². The molecule has 0 radical (unpaired) electrons. The smallest absolute Gasteiger partial charge is 0.167 e. The maximum atomic E-state index is 13.6. The standard InChI is InChI=1S/C19H22FN5O4/c1-4-12-14-15(29-19(2,3)28-14)18(27-12)25-9-23-13-16(21-8-22-17(13)25)24-11-5-10(20)6-26-7-11/h1,8-12,14-15,18H,5-7H2,2-3H3,(H,21,22,24)/t10?,11?,12-,14-,15-,18-/m1/s1. The number of anilines is 1. The fourth-order valence-electron chi connectivity index (χ4n) is 4.16.